The molecule has 0 aromatic carbocycles. The van der Waals surface area contributed by atoms with Crippen LogP contribution in [0.25, 0.3) is 0 Å². The van der Waals surface area contributed by atoms with Gasteiger partial charge in [0.25, 0.3) is 11.5 Å². The molecule has 0 saturated carbocycles. The van der Waals surface area contributed by atoms with Crippen LogP contribution in [-0.4, -0.2) is 44.4 Å². The lowest BCUT2D eigenvalue weighted by molar-refractivity contribution is 0.0785. The Balaban J connectivity index is 1.94. The number of rotatable bonds is 5. The van der Waals surface area contributed by atoms with Crippen LogP contribution >= 0.6 is 0 Å². The molecule has 0 unspecified atom stereocenters. The molecule has 0 atom stereocenters. The average molecular weight is 303 g/mol. The molecule has 7 nitrogen and oxygen atoms in total. The summed E-state index contributed by atoms with van der Waals surface area (Å²) in [5, 5.41) is 11.1. The summed E-state index contributed by atoms with van der Waals surface area (Å²) in [6.45, 7) is 4.59. The molecule has 2 heterocycles. The fraction of sp³-hybridized carbons (Fsp3) is 0.467. The molecule has 7 heteroatoms. The van der Waals surface area contributed by atoms with Crippen molar-refractivity contribution in [2.24, 2.45) is 7.05 Å². The highest BCUT2D eigenvalue weighted by atomic mass is 16.2. The highest BCUT2D eigenvalue weighted by molar-refractivity contribution is 5.91. The minimum Gasteiger partial charge on any atom is -0.340 e. The van der Waals surface area contributed by atoms with E-state index in [0.717, 1.165) is 24.2 Å². The number of nitrogens with one attached hydrogen (secondary N) is 1. The maximum Gasteiger partial charge on any atom is 0.274 e. The average Bonchev–Trinajstić information content (AvgIpc) is 2.81. The van der Waals surface area contributed by atoms with Gasteiger partial charge in [-0.1, -0.05) is 0 Å². The number of hydrogen-bond donors (Lipinski definition) is 1. The number of carbonyl (C=O) groups excluding carboxylic acids is 1. The second-order valence-electron chi connectivity index (χ2n) is 5.42. The summed E-state index contributed by atoms with van der Waals surface area (Å²) < 4.78 is 1.17. The fourth-order valence-electron chi connectivity index (χ4n) is 2.35. The number of amides is 1. The molecule has 0 bridgehead atoms. The third-order valence-corrected chi connectivity index (χ3v) is 3.73. The Labute approximate surface area is 129 Å². The molecule has 118 valence electrons. The molecule has 0 fully saturated rings. The summed E-state index contributed by atoms with van der Waals surface area (Å²) in [7, 11) is 3.27. The molecule has 2 aromatic rings. The van der Waals surface area contributed by atoms with Crippen LogP contribution in [0.1, 0.15) is 33.9 Å². The SMILES string of the molecule is Cc1n[nH]c(C)c1CCCN(C)C(=O)c1ccc(=O)n(C)n1. The molecule has 1 amide bonds. The Kier molecular flexibility index (Phi) is 4.75. The van der Waals surface area contributed by atoms with Gasteiger partial charge in [-0.25, -0.2) is 4.68 Å². The lowest BCUT2D eigenvalue weighted by atomic mass is 10.1. The van der Waals surface area contributed by atoms with Gasteiger partial charge in [-0.05, 0) is 38.3 Å². The first-order chi connectivity index (χ1) is 10.4. The molecular weight excluding hydrogens is 282 g/mol. The van der Waals surface area contributed by atoms with Crippen molar-refractivity contribution in [1.82, 2.24) is 24.9 Å². The standard InChI is InChI=1S/C15H21N5O2/c1-10-12(11(2)17-16-10)6-5-9-19(3)15(22)13-7-8-14(21)20(4)18-13/h7-8H,5-6,9H2,1-4H3,(H,16,17). The van der Waals surface area contributed by atoms with Crippen molar-refractivity contribution in [1.29, 1.82) is 0 Å². The van der Waals surface area contributed by atoms with E-state index >= 15 is 0 Å². The van der Waals surface area contributed by atoms with Crippen LogP contribution in [0.4, 0.5) is 0 Å². The molecule has 0 aliphatic rings. The molecule has 0 aliphatic heterocycles. The van der Waals surface area contributed by atoms with E-state index in [1.54, 1.807) is 11.9 Å². The maximum absolute atomic E-state index is 12.3. The lowest BCUT2D eigenvalue weighted by Crippen LogP contribution is -2.31. The summed E-state index contributed by atoms with van der Waals surface area (Å²) in [4.78, 5) is 25.2. The van der Waals surface area contributed by atoms with E-state index in [9.17, 15) is 9.59 Å². The summed E-state index contributed by atoms with van der Waals surface area (Å²) in [6.07, 6.45) is 1.71. The van der Waals surface area contributed by atoms with Gasteiger partial charge in [0.1, 0.15) is 5.69 Å². The van der Waals surface area contributed by atoms with Crippen molar-refractivity contribution >= 4 is 5.91 Å². The van der Waals surface area contributed by atoms with Gasteiger partial charge in [-0.15, -0.1) is 0 Å². The zero-order chi connectivity index (χ0) is 16.3. The molecule has 2 rings (SSSR count). The Morgan fingerprint density at radius 1 is 1.36 bits per heavy atom. The van der Waals surface area contributed by atoms with E-state index in [1.807, 2.05) is 13.8 Å². The van der Waals surface area contributed by atoms with Crippen LogP contribution in [0, 0.1) is 13.8 Å². The van der Waals surface area contributed by atoms with E-state index in [-0.39, 0.29) is 17.2 Å². The van der Waals surface area contributed by atoms with Gasteiger partial charge in [0.05, 0.1) is 5.69 Å². The van der Waals surface area contributed by atoms with Crippen molar-refractivity contribution in [2.75, 3.05) is 13.6 Å². The second-order valence-corrected chi connectivity index (χ2v) is 5.42. The summed E-state index contributed by atoms with van der Waals surface area (Å²) in [5.41, 5.74) is 3.34. The van der Waals surface area contributed by atoms with E-state index in [2.05, 4.69) is 15.3 Å². The number of aromatic amines is 1. The molecule has 1 N–H and O–H groups in total. The maximum atomic E-state index is 12.3. The zero-order valence-electron chi connectivity index (χ0n) is 13.4. The molecule has 2 aromatic heterocycles. The van der Waals surface area contributed by atoms with Gasteiger partial charge in [-0.2, -0.15) is 10.2 Å². The van der Waals surface area contributed by atoms with Crippen molar-refractivity contribution in [3.63, 3.8) is 0 Å². The van der Waals surface area contributed by atoms with Gasteiger partial charge in [0.15, 0.2) is 0 Å². The predicted molar refractivity (Wildman–Crippen MR) is 82.8 cm³/mol. The number of hydrogen-bond acceptors (Lipinski definition) is 4. The monoisotopic (exact) mass is 303 g/mol. The quantitative estimate of drug-likeness (QED) is 0.886. The molecule has 0 spiro atoms. The molecular formula is C15H21N5O2. The zero-order valence-corrected chi connectivity index (χ0v) is 13.4. The fourth-order valence-corrected chi connectivity index (χ4v) is 2.35. The van der Waals surface area contributed by atoms with Crippen molar-refractivity contribution in [2.45, 2.75) is 26.7 Å². The van der Waals surface area contributed by atoms with Crippen molar-refractivity contribution < 1.29 is 4.79 Å². The summed E-state index contributed by atoms with van der Waals surface area (Å²) in [5.74, 6) is -0.184. The molecule has 0 radical (unpaired) electrons. The van der Waals surface area contributed by atoms with Crippen LogP contribution in [0.15, 0.2) is 16.9 Å². The molecule has 22 heavy (non-hydrogen) atoms. The number of aryl methyl sites for hydroxylation is 3. The summed E-state index contributed by atoms with van der Waals surface area (Å²) in [6, 6.07) is 2.82. The second kappa shape index (κ2) is 6.55. The van der Waals surface area contributed by atoms with Gasteiger partial charge in [-0.3, -0.25) is 14.7 Å². The van der Waals surface area contributed by atoms with Gasteiger partial charge in [0, 0.05) is 32.4 Å². The van der Waals surface area contributed by atoms with Crippen LogP contribution < -0.4 is 5.56 Å². The Morgan fingerprint density at radius 2 is 2.09 bits per heavy atom. The van der Waals surface area contributed by atoms with Crippen molar-refractivity contribution in [3.05, 3.63) is 45.1 Å². The smallest absolute Gasteiger partial charge is 0.274 e. The van der Waals surface area contributed by atoms with Crippen LogP contribution in [0.5, 0.6) is 0 Å². The number of carbonyl (C=O) groups is 1. The van der Waals surface area contributed by atoms with Crippen molar-refractivity contribution in [3.8, 4) is 0 Å². The Hall–Kier alpha value is -2.44. The minimum absolute atomic E-state index is 0.184. The highest BCUT2D eigenvalue weighted by Gasteiger charge is 2.14. The van der Waals surface area contributed by atoms with E-state index in [0.29, 0.717) is 6.54 Å². The van der Waals surface area contributed by atoms with Gasteiger partial charge in [0.2, 0.25) is 0 Å². The lowest BCUT2D eigenvalue weighted by Gasteiger charge is -2.16. The van der Waals surface area contributed by atoms with Crippen LogP contribution in [0.2, 0.25) is 0 Å². The van der Waals surface area contributed by atoms with E-state index < -0.39 is 0 Å². The first-order valence-corrected chi connectivity index (χ1v) is 7.20. The third-order valence-electron chi connectivity index (χ3n) is 3.73. The molecule has 0 saturated heterocycles. The number of H-pyrrole nitrogens is 1. The number of nitrogens with zero attached hydrogens (tertiary/aromatic N) is 4. The first kappa shape index (κ1) is 15.9. The topological polar surface area (TPSA) is 83.9 Å². The summed E-state index contributed by atoms with van der Waals surface area (Å²) >= 11 is 0. The third kappa shape index (κ3) is 3.41. The van der Waals surface area contributed by atoms with Crippen LogP contribution in [0.3, 0.4) is 0 Å². The minimum atomic E-state index is -0.231. The van der Waals surface area contributed by atoms with Crippen LogP contribution in [-0.2, 0) is 13.5 Å². The molecule has 0 aliphatic carbocycles. The Morgan fingerprint density at radius 3 is 2.68 bits per heavy atom. The van der Waals surface area contributed by atoms with Gasteiger partial charge >= 0.3 is 0 Å². The highest BCUT2D eigenvalue weighted by Crippen LogP contribution is 2.12. The van der Waals surface area contributed by atoms with E-state index in [4.69, 9.17) is 0 Å². The number of aromatic nitrogens is 4. The Bertz CT molecular complexity index is 712. The largest absolute Gasteiger partial charge is 0.340 e. The van der Waals surface area contributed by atoms with Gasteiger partial charge < -0.3 is 4.90 Å². The van der Waals surface area contributed by atoms with E-state index in [1.165, 1.54) is 29.4 Å². The normalized spacial score (nSPS) is 10.7. The predicted octanol–water partition coefficient (Wildman–Crippen LogP) is 0.825. The first-order valence-electron chi connectivity index (χ1n) is 7.20.